The van der Waals surface area contributed by atoms with Crippen LogP contribution in [0.1, 0.15) is 43.0 Å². The molecule has 2 fully saturated rings. The summed E-state index contributed by atoms with van der Waals surface area (Å²) >= 11 is 0. The number of benzene rings is 1. The van der Waals surface area contributed by atoms with Crippen molar-refractivity contribution in [3.05, 3.63) is 29.8 Å². The molecule has 2 unspecified atom stereocenters. The molecule has 1 amide bonds. The summed E-state index contributed by atoms with van der Waals surface area (Å²) in [6.45, 7) is 6.70. The number of piperidine rings is 1. The molecule has 27 heavy (non-hydrogen) atoms. The molecule has 0 aliphatic carbocycles. The van der Waals surface area contributed by atoms with Gasteiger partial charge in [0.2, 0.25) is 5.91 Å². The van der Waals surface area contributed by atoms with Gasteiger partial charge in [0, 0.05) is 19.6 Å². The normalized spacial score (nSPS) is 23.1. The van der Waals surface area contributed by atoms with E-state index in [0.717, 1.165) is 58.4 Å². The highest BCUT2D eigenvalue weighted by atomic mass is 16.5. The standard InChI is InChI=1S/C21H31N3O3/c1-16(25)18-7-2-3-9-20(18)27-13-12-24-11-5-6-17(15-24)14-23-21(26)19-8-4-10-22-19/h2-3,7,9,17,19,22H,4-6,8,10-15H2,1H3,(H,23,26). The maximum Gasteiger partial charge on any atom is 0.237 e. The van der Waals surface area contributed by atoms with Crippen molar-refractivity contribution < 1.29 is 14.3 Å². The largest absolute Gasteiger partial charge is 0.491 e. The van der Waals surface area contributed by atoms with E-state index in [1.807, 2.05) is 18.2 Å². The molecule has 2 aliphatic rings. The van der Waals surface area contributed by atoms with Crippen molar-refractivity contribution in [3.63, 3.8) is 0 Å². The highest BCUT2D eigenvalue weighted by Crippen LogP contribution is 2.19. The second-order valence-corrected chi connectivity index (χ2v) is 7.60. The number of carbonyl (C=O) groups is 2. The Bertz CT molecular complexity index is 643. The SMILES string of the molecule is CC(=O)c1ccccc1OCCN1CCCC(CNC(=O)C2CCCN2)C1. The molecule has 0 aromatic heterocycles. The van der Waals surface area contributed by atoms with Crippen molar-refractivity contribution in [2.75, 3.05) is 39.3 Å². The Morgan fingerprint density at radius 2 is 2.11 bits per heavy atom. The van der Waals surface area contributed by atoms with E-state index in [-0.39, 0.29) is 17.7 Å². The van der Waals surface area contributed by atoms with Crippen molar-refractivity contribution in [2.24, 2.45) is 5.92 Å². The Hall–Kier alpha value is -1.92. The molecule has 6 nitrogen and oxygen atoms in total. The molecular weight excluding hydrogens is 342 g/mol. The summed E-state index contributed by atoms with van der Waals surface area (Å²) in [5.74, 6) is 1.33. The van der Waals surface area contributed by atoms with Gasteiger partial charge in [-0.05, 0) is 63.7 Å². The van der Waals surface area contributed by atoms with E-state index in [1.54, 1.807) is 13.0 Å². The van der Waals surface area contributed by atoms with E-state index in [2.05, 4.69) is 15.5 Å². The van der Waals surface area contributed by atoms with E-state index in [0.29, 0.717) is 23.8 Å². The molecule has 148 valence electrons. The average Bonchev–Trinajstić information content (AvgIpc) is 3.22. The lowest BCUT2D eigenvalue weighted by Gasteiger charge is -2.33. The first-order valence-corrected chi connectivity index (χ1v) is 10.1. The molecule has 6 heteroatoms. The quantitative estimate of drug-likeness (QED) is 0.681. The number of nitrogens with one attached hydrogen (secondary N) is 2. The number of rotatable bonds is 8. The van der Waals surface area contributed by atoms with E-state index in [4.69, 9.17) is 4.74 Å². The highest BCUT2D eigenvalue weighted by Gasteiger charge is 2.24. The number of ketones is 1. The van der Waals surface area contributed by atoms with Crippen LogP contribution in [0.2, 0.25) is 0 Å². The van der Waals surface area contributed by atoms with Gasteiger partial charge in [0.25, 0.3) is 0 Å². The number of para-hydroxylation sites is 1. The lowest BCUT2D eigenvalue weighted by Crippen LogP contribution is -2.46. The van der Waals surface area contributed by atoms with E-state index >= 15 is 0 Å². The topological polar surface area (TPSA) is 70.7 Å². The van der Waals surface area contributed by atoms with Gasteiger partial charge in [0.1, 0.15) is 12.4 Å². The molecule has 2 heterocycles. The van der Waals surface area contributed by atoms with Crippen molar-refractivity contribution in [3.8, 4) is 5.75 Å². The molecule has 2 N–H and O–H groups in total. The minimum atomic E-state index is -0.000520. The lowest BCUT2D eigenvalue weighted by atomic mass is 9.98. The summed E-state index contributed by atoms with van der Waals surface area (Å²) in [6.07, 6.45) is 4.33. The highest BCUT2D eigenvalue weighted by molar-refractivity contribution is 5.96. The third kappa shape index (κ3) is 5.78. The predicted octanol–water partition coefficient (Wildman–Crippen LogP) is 1.85. The van der Waals surface area contributed by atoms with Gasteiger partial charge in [0.05, 0.1) is 11.6 Å². The molecule has 2 saturated heterocycles. The molecule has 0 saturated carbocycles. The Morgan fingerprint density at radius 3 is 2.89 bits per heavy atom. The zero-order valence-corrected chi connectivity index (χ0v) is 16.2. The van der Waals surface area contributed by atoms with Gasteiger partial charge in [-0.15, -0.1) is 0 Å². The van der Waals surface area contributed by atoms with Gasteiger partial charge in [-0.2, -0.15) is 0 Å². The van der Waals surface area contributed by atoms with Crippen LogP contribution in [0.15, 0.2) is 24.3 Å². The summed E-state index contributed by atoms with van der Waals surface area (Å²) in [5.41, 5.74) is 0.636. The lowest BCUT2D eigenvalue weighted by molar-refractivity contribution is -0.123. The third-order valence-electron chi connectivity index (χ3n) is 5.48. The number of nitrogens with zero attached hydrogens (tertiary/aromatic N) is 1. The molecule has 0 spiro atoms. The van der Waals surface area contributed by atoms with Crippen LogP contribution in [0.5, 0.6) is 5.75 Å². The predicted molar refractivity (Wildman–Crippen MR) is 105 cm³/mol. The first kappa shape index (κ1) is 19.8. The van der Waals surface area contributed by atoms with Gasteiger partial charge in [-0.3, -0.25) is 14.5 Å². The van der Waals surface area contributed by atoms with Gasteiger partial charge in [0.15, 0.2) is 5.78 Å². The Morgan fingerprint density at radius 1 is 1.26 bits per heavy atom. The molecule has 3 rings (SSSR count). The fourth-order valence-electron chi connectivity index (χ4n) is 3.97. The fraction of sp³-hybridized carbons (Fsp3) is 0.619. The van der Waals surface area contributed by atoms with Crippen LogP contribution in [0.3, 0.4) is 0 Å². The van der Waals surface area contributed by atoms with Crippen molar-refractivity contribution >= 4 is 11.7 Å². The van der Waals surface area contributed by atoms with E-state index in [9.17, 15) is 9.59 Å². The van der Waals surface area contributed by atoms with Crippen molar-refractivity contribution in [2.45, 2.75) is 38.6 Å². The van der Waals surface area contributed by atoms with Crippen molar-refractivity contribution in [1.82, 2.24) is 15.5 Å². The summed E-state index contributed by atoms with van der Waals surface area (Å²) in [4.78, 5) is 26.2. The Kier molecular flexibility index (Phi) is 7.24. The molecule has 1 aromatic carbocycles. The first-order valence-electron chi connectivity index (χ1n) is 10.1. The summed E-state index contributed by atoms with van der Waals surface area (Å²) in [7, 11) is 0. The van der Waals surface area contributed by atoms with Crippen LogP contribution in [-0.4, -0.2) is 62.0 Å². The number of likely N-dealkylation sites (tertiary alicyclic amines) is 1. The van der Waals surface area contributed by atoms with Crippen LogP contribution in [-0.2, 0) is 4.79 Å². The van der Waals surface area contributed by atoms with Crippen LogP contribution in [0.4, 0.5) is 0 Å². The van der Waals surface area contributed by atoms with Gasteiger partial charge >= 0.3 is 0 Å². The molecule has 1 aromatic rings. The van der Waals surface area contributed by atoms with Crippen LogP contribution in [0.25, 0.3) is 0 Å². The molecule has 2 atom stereocenters. The maximum atomic E-state index is 12.2. The number of Topliss-reactive ketones (excluding diaryl/α,β-unsaturated/α-hetero) is 1. The molecular formula is C21H31N3O3. The maximum absolute atomic E-state index is 12.2. The summed E-state index contributed by atoms with van der Waals surface area (Å²) in [6, 6.07) is 7.40. The van der Waals surface area contributed by atoms with E-state index in [1.165, 1.54) is 0 Å². The Balaban J connectivity index is 1.39. The minimum absolute atomic E-state index is 0.000520. The van der Waals surface area contributed by atoms with Gasteiger partial charge < -0.3 is 15.4 Å². The summed E-state index contributed by atoms with van der Waals surface area (Å²) < 4.78 is 5.86. The fourth-order valence-corrected chi connectivity index (χ4v) is 3.97. The summed E-state index contributed by atoms with van der Waals surface area (Å²) in [5, 5.41) is 6.37. The third-order valence-corrected chi connectivity index (χ3v) is 5.48. The second kappa shape index (κ2) is 9.85. The smallest absolute Gasteiger partial charge is 0.237 e. The molecule has 0 radical (unpaired) electrons. The van der Waals surface area contributed by atoms with Crippen LogP contribution >= 0.6 is 0 Å². The molecule has 2 aliphatic heterocycles. The zero-order chi connectivity index (χ0) is 19.1. The number of amides is 1. The number of ether oxygens (including phenoxy) is 1. The number of carbonyl (C=O) groups excluding carboxylic acids is 2. The minimum Gasteiger partial charge on any atom is -0.491 e. The van der Waals surface area contributed by atoms with Crippen molar-refractivity contribution in [1.29, 1.82) is 0 Å². The van der Waals surface area contributed by atoms with Gasteiger partial charge in [-0.25, -0.2) is 0 Å². The number of hydrogen-bond acceptors (Lipinski definition) is 5. The van der Waals surface area contributed by atoms with Gasteiger partial charge in [-0.1, -0.05) is 12.1 Å². The zero-order valence-electron chi connectivity index (χ0n) is 16.2. The van der Waals surface area contributed by atoms with E-state index < -0.39 is 0 Å². The monoisotopic (exact) mass is 373 g/mol. The van der Waals surface area contributed by atoms with Crippen LogP contribution in [0, 0.1) is 5.92 Å². The van der Waals surface area contributed by atoms with Crippen LogP contribution < -0.4 is 15.4 Å². The first-order chi connectivity index (χ1) is 13.1. The second-order valence-electron chi connectivity index (χ2n) is 7.60. The molecule has 0 bridgehead atoms. The average molecular weight is 373 g/mol. The Labute approximate surface area is 161 Å². The number of hydrogen-bond donors (Lipinski definition) is 2.